The highest BCUT2D eigenvalue weighted by atomic mass is 32.2. The Morgan fingerprint density at radius 2 is 1.83 bits per heavy atom. The third-order valence-electron chi connectivity index (χ3n) is 4.32. The summed E-state index contributed by atoms with van der Waals surface area (Å²) in [5.74, 6) is 0. The lowest BCUT2D eigenvalue weighted by Crippen LogP contribution is -2.36. The molecule has 1 N–H and O–H groups in total. The van der Waals surface area contributed by atoms with E-state index in [-0.39, 0.29) is 11.6 Å². The molecule has 1 atom stereocenters. The van der Waals surface area contributed by atoms with Crippen LogP contribution in [0.15, 0.2) is 53.6 Å². The number of thioether (sulfide) groups is 1. The van der Waals surface area contributed by atoms with Gasteiger partial charge in [-0.05, 0) is 49.6 Å². The van der Waals surface area contributed by atoms with E-state index in [0.717, 1.165) is 5.69 Å². The van der Waals surface area contributed by atoms with E-state index in [4.69, 9.17) is 0 Å². The SMILES string of the molecule is Cc1cc(C2=C(SC(C)C)C(c3ccccc3)NC2(C)C)ccn1. The van der Waals surface area contributed by atoms with Crippen molar-refractivity contribution in [1.82, 2.24) is 10.3 Å². The molecule has 3 heteroatoms. The zero-order valence-corrected chi connectivity index (χ0v) is 15.9. The predicted octanol–water partition coefficient (Wildman–Crippen LogP) is 5.37. The highest BCUT2D eigenvalue weighted by molar-refractivity contribution is 8.03. The fourth-order valence-electron chi connectivity index (χ4n) is 3.42. The van der Waals surface area contributed by atoms with Gasteiger partial charge in [0.25, 0.3) is 0 Å². The summed E-state index contributed by atoms with van der Waals surface area (Å²) < 4.78 is 0. The van der Waals surface area contributed by atoms with Crippen molar-refractivity contribution in [3.05, 3.63) is 70.4 Å². The van der Waals surface area contributed by atoms with Gasteiger partial charge in [-0.1, -0.05) is 44.2 Å². The van der Waals surface area contributed by atoms with Crippen LogP contribution in [0.1, 0.15) is 50.6 Å². The lowest BCUT2D eigenvalue weighted by atomic mass is 9.90. The molecule has 0 saturated carbocycles. The van der Waals surface area contributed by atoms with Crippen LogP contribution in [0.25, 0.3) is 5.57 Å². The average Bonchev–Trinajstić information content (AvgIpc) is 2.78. The molecule has 1 aliphatic heterocycles. The van der Waals surface area contributed by atoms with E-state index in [2.05, 4.69) is 87.4 Å². The molecule has 0 amide bonds. The van der Waals surface area contributed by atoms with E-state index < -0.39 is 0 Å². The van der Waals surface area contributed by atoms with Crippen LogP contribution in [0.5, 0.6) is 0 Å². The Balaban J connectivity index is 2.17. The van der Waals surface area contributed by atoms with Gasteiger partial charge in [0.05, 0.1) is 6.04 Å². The number of rotatable bonds is 4. The van der Waals surface area contributed by atoms with Gasteiger partial charge >= 0.3 is 0 Å². The molecule has 126 valence electrons. The number of nitrogens with one attached hydrogen (secondary N) is 1. The van der Waals surface area contributed by atoms with E-state index >= 15 is 0 Å². The Morgan fingerprint density at radius 1 is 1.12 bits per heavy atom. The first-order chi connectivity index (χ1) is 11.4. The number of aryl methyl sites for hydroxylation is 1. The molecule has 2 nitrogen and oxygen atoms in total. The van der Waals surface area contributed by atoms with Gasteiger partial charge in [-0.15, -0.1) is 11.8 Å². The molecule has 1 unspecified atom stereocenters. The molecule has 0 bridgehead atoms. The highest BCUT2D eigenvalue weighted by Crippen LogP contribution is 2.49. The van der Waals surface area contributed by atoms with Crippen molar-refractivity contribution in [2.45, 2.75) is 51.4 Å². The van der Waals surface area contributed by atoms with Gasteiger partial charge in [-0.25, -0.2) is 0 Å². The van der Waals surface area contributed by atoms with Crippen molar-refractivity contribution in [3.63, 3.8) is 0 Å². The molecule has 0 saturated heterocycles. The van der Waals surface area contributed by atoms with Gasteiger partial charge in [0.15, 0.2) is 0 Å². The number of benzene rings is 1. The first kappa shape index (κ1) is 17.2. The van der Waals surface area contributed by atoms with Gasteiger partial charge in [-0.2, -0.15) is 0 Å². The van der Waals surface area contributed by atoms with Crippen molar-refractivity contribution in [3.8, 4) is 0 Å². The van der Waals surface area contributed by atoms with E-state index in [1.165, 1.54) is 21.6 Å². The topological polar surface area (TPSA) is 24.9 Å². The Labute approximate surface area is 149 Å². The van der Waals surface area contributed by atoms with E-state index in [0.29, 0.717) is 5.25 Å². The van der Waals surface area contributed by atoms with E-state index in [1.54, 1.807) is 0 Å². The number of nitrogens with zero attached hydrogens (tertiary/aromatic N) is 1. The van der Waals surface area contributed by atoms with Gasteiger partial charge in [0.1, 0.15) is 0 Å². The Hall–Kier alpha value is -1.58. The highest BCUT2D eigenvalue weighted by Gasteiger charge is 2.40. The Kier molecular flexibility index (Phi) is 4.84. The van der Waals surface area contributed by atoms with Crippen LogP contribution < -0.4 is 5.32 Å². The second kappa shape index (κ2) is 6.73. The predicted molar refractivity (Wildman–Crippen MR) is 105 cm³/mol. The van der Waals surface area contributed by atoms with Gasteiger partial charge in [-0.3, -0.25) is 10.3 Å². The molecule has 0 spiro atoms. The molecule has 24 heavy (non-hydrogen) atoms. The maximum atomic E-state index is 4.37. The largest absolute Gasteiger partial charge is 0.297 e. The number of hydrogen-bond acceptors (Lipinski definition) is 3. The molecule has 0 fully saturated rings. The minimum Gasteiger partial charge on any atom is -0.297 e. The minimum absolute atomic E-state index is 0.0779. The Morgan fingerprint density at radius 3 is 2.46 bits per heavy atom. The zero-order valence-electron chi connectivity index (χ0n) is 15.1. The molecule has 1 aromatic heterocycles. The van der Waals surface area contributed by atoms with Crippen LogP contribution in [-0.2, 0) is 0 Å². The zero-order chi connectivity index (χ0) is 17.3. The molecule has 0 aliphatic carbocycles. The van der Waals surface area contributed by atoms with E-state index in [1.807, 2.05) is 18.0 Å². The molecule has 1 aliphatic rings. The number of hydrogen-bond donors (Lipinski definition) is 1. The monoisotopic (exact) mass is 338 g/mol. The number of aromatic nitrogens is 1. The molecule has 3 rings (SSSR count). The van der Waals surface area contributed by atoms with E-state index in [9.17, 15) is 0 Å². The summed E-state index contributed by atoms with van der Waals surface area (Å²) in [7, 11) is 0. The summed E-state index contributed by atoms with van der Waals surface area (Å²) in [5.41, 5.74) is 5.00. The van der Waals surface area contributed by atoms with Crippen LogP contribution in [0.3, 0.4) is 0 Å². The summed E-state index contributed by atoms with van der Waals surface area (Å²) in [6, 6.07) is 15.3. The lowest BCUT2D eigenvalue weighted by Gasteiger charge is -2.25. The summed E-state index contributed by atoms with van der Waals surface area (Å²) in [6.07, 6.45) is 1.92. The summed E-state index contributed by atoms with van der Waals surface area (Å²) in [4.78, 5) is 5.81. The molecular weight excluding hydrogens is 312 g/mol. The van der Waals surface area contributed by atoms with Crippen molar-refractivity contribution in [2.24, 2.45) is 0 Å². The van der Waals surface area contributed by atoms with Crippen LogP contribution in [-0.4, -0.2) is 15.8 Å². The minimum atomic E-state index is -0.0779. The van der Waals surface area contributed by atoms with Crippen LogP contribution in [0.2, 0.25) is 0 Å². The van der Waals surface area contributed by atoms with Gasteiger partial charge in [0, 0.05) is 27.6 Å². The third kappa shape index (κ3) is 3.42. The molecular formula is C21H26N2S. The maximum absolute atomic E-state index is 4.37. The second-order valence-electron chi connectivity index (χ2n) is 7.20. The van der Waals surface area contributed by atoms with Crippen molar-refractivity contribution >= 4 is 17.3 Å². The molecule has 2 aromatic rings. The average molecular weight is 339 g/mol. The van der Waals surface area contributed by atoms with Crippen LogP contribution >= 0.6 is 11.8 Å². The first-order valence-electron chi connectivity index (χ1n) is 8.55. The van der Waals surface area contributed by atoms with Crippen molar-refractivity contribution in [1.29, 1.82) is 0 Å². The standard InChI is InChI=1S/C21H26N2S/c1-14(2)24-20-18(17-11-12-22-15(3)13-17)21(4,5)23-19(20)16-9-7-6-8-10-16/h6-14,19,23H,1-5H3. The first-order valence-corrected chi connectivity index (χ1v) is 9.43. The summed E-state index contributed by atoms with van der Waals surface area (Å²) in [6.45, 7) is 11.1. The lowest BCUT2D eigenvalue weighted by molar-refractivity contribution is 0.484. The second-order valence-corrected chi connectivity index (χ2v) is 8.82. The molecule has 0 radical (unpaired) electrons. The smallest absolute Gasteiger partial charge is 0.0647 e. The fraction of sp³-hybridized carbons (Fsp3) is 0.381. The normalized spacial score (nSPS) is 20.0. The van der Waals surface area contributed by atoms with Crippen molar-refractivity contribution in [2.75, 3.05) is 0 Å². The summed E-state index contributed by atoms with van der Waals surface area (Å²) >= 11 is 1.97. The van der Waals surface area contributed by atoms with Gasteiger partial charge in [0.2, 0.25) is 0 Å². The quantitative estimate of drug-likeness (QED) is 0.811. The summed E-state index contributed by atoms with van der Waals surface area (Å²) in [5, 5.41) is 4.40. The maximum Gasteiger partial charge on any atom is 0.0647 e. The molecule has 2 heterocycles. The number of pyridine rings is 1. The Bertz CT molecular complexity index is 747. The van der Waals surface area contributed by atoms with Crippen LogP contribution in [0.4, 0.5) is 0 Å². The van der Waals surface area contributed by atoms with Crippen LogP contribution in [0, 0.1) is 6.92 Å². The fourth-order valence-corrected chi connectivity index (χ4v) is 4.75. The third-order valence-corrected chi connectivity index (χ3v) is 5.48. The van der Waals surface area contributed by atoms with Crippen molar-refractivity contribution < 1.29 is 0 Å². The molecule has 1 aromatic carbocycles. The van der Waals surface area contributed by atoms with Gasteiger partial charge < -0.3 is 0 Å².